The Balaban J connectivity index is 1.82. The Morgan fingerprint density at radius 3 is 2.90 bits per heavy atom. The number of benzene rings is 1. The predicted octanol–water partition coefficient (Wildman–Crippen LogP) is 1.61. The zero-order valence-electron chi connectivity index (χ0n) is 10.5. The van der Waals surface area contributed by atoms with E-state index in [9.17, 15) is 13.6 Å². The smallest absolute Gasteiger partial charge is 0.225 e. The van der Waals surface area contributed by atoms with Crippen molar-refractivity contribution < 1.29 is 13.6 Å². The molecule has 0 atom stereocenters. The highest BCUT2D eigenvalue weighted by Gasteiger charge is 2.09. The van der Waals surface area contributed by atoms with E-state index in [2.05, 4.69) is 20.8 Å². The standard InChI is InChI=1S/C11H11F2N5OS/c1-18-11(15-16-17-18)20-5-4-10(19)14-9-3-2-7(12)6-8(9)13/h2-3,6H,4-5H2,1H3,(H,14,19). The summed E-state index contributed by atoms with van der Waals surface area (Å²) in [6.45, 7) is 0. The minimum absolute atomic E-state index is 0.0401. The van der Waals surface area contributed by atoms with E-state index in [1.54, 1.807) is 7.05 Å². The van der Waals surface area contributed by atoms with Crippen LogP contribution in [0.2, 0.25) is 0 Å². The third-order valence-corrected chi connectivity index (χ3v) is 3.36. The summed E-state index contributed by atoms with van der Waals surface area (Å²) in [5.41, 5.74) is -0.0401. The first-order valence-corrected chi connectivity index (χ1v) is 6.65. The van der Waals surface area contributed by atoms with Gasteiger partial charge < -0.3 is 5.32 Å². The normalized spacial score (nSPS) is 10.6. The number of nitrogens with one attached hydrogen (secondary N) is 1. The van der Waals surface area contributed by atoms with Gasteiger partial charge in [0, 0.05) is 25.3 Å². The summed E-state index contributed by atoms with van der Waals surface area (Å²) in [5, 5.41) is 13.8. The maximum absolute atomic E-state index is 13.3. The lowest BCUT2D eigenvalue weighted by Crippen LogP contribution is -2.13. The summed E-state index contributed by atoms with van der Waals surface area (Å²) < 4.78 is 27.5. The van der Waals surface area contributed by atoms with E-state index in [0.717, 1.165) is 12.1 Å². The van der Waals surface area contributed by atoms with Crippen molar-refractivity contribution in [2.45, 2.75) is 11.6 Å². The highest BCUT2D eigenvalue weighted by Crippen LogP contribution is 2.17. The average molecular weight is 299 g/mol. The number of hydrogen-bond donors (Lipinski definition) is 1. The maximum Gasteiger partial charge on any atom is 0.225 e. The number of rotatable bonds is 5. The lowest BCUT2D eigenvalue weighted by atomic mass is 10.3. The Bertz CT molecular complexity index is 619. The second-order valence-corrected chi connectivity index (χ2v) is 4.92. The molecule has 0 spiro atoms. The molecule has 0 fully saturated rings. The van der Waals surface area contributed by atoms with E-state index in [0.29, 0.717) is 10.9 Å². The second-order valence-electron chi connectivity index (χ2n) is 3.86. The fraction of sp³-hybridized carbons (Fsp3) is 0.273. The van der Waals surface area contributed by atoms with E-state index < -0.39 is 11.6 Å². The number of aryl methyl sites for hydroxylation is 1. The van der Waals surface area contributed by atoms with Crippen LogP contribution in [-0.2, 0) is 11.8 Å². The van der Waals surface area contributed by atoms with Crippen LogP contribution in [-0.4, -0.2) is 31.9 Å². The Labute approximate surface area is 117 Å². The van der Waals surface area contributed by atoms with Gasteiger partial charge in [0.25, 0.3) is 0 Å². The summed E-state index contributed by atoms with van der Waals surface area (Å²) in [6.07, 6.45) is 0.161. The number of carbonyl (C=O) groups excluding carboxylic acids is 1. The van der Waals surface area contributed by atoms with Crippen molar-refractivity contribution in [3.8, 4) is 0 Å². The van der Waals surface area contributed by atoms with Crippen LogP contribution < -0.4 is 5.32 Å². The molecule has 0 bridgehead atoms. The van der Waals surface area contributed by atoms with Crippen LogP contribution in [0.1, 0.15) is 6.42 Å². The van der Waals surface area contributed by atoms with Gasteiger partial charge >= 0.3 is 0 Å². The lowest BCUT2D eigenvalue weighted by Gasteiger charge is -2.06. The maximum atomic E-state index is 13.3. The quantitative estimate of drug-likeness (QED) is 0.849. The van der Waals surface area contributed by atoms with Gasteiger partial charge in [-0.2, -0.15) is 0 Å². The molecule has 0 aliphatic carbocycles. The number of nitrogens with zero attached hydrogens (tertiary/aromatic N) is 4. The Morgan fingerprint density at radius 1 is 1.45 bits per heavy atom. The summed E-state index contributed by atoms with van der Waals surface area (Å²) in [4.78, 5) is 11.6. The van der Waals surface area contributed by atoms with Crippen molar-refractivity contribution in [3.63, 3.8) is 0 Å². The van der Waals surface area contributed by atoms with Crippen molar-refractivity contribution >= 4 is 23.4 Å². The van der Waals surface area contributed by atoms with Crippen LogP contribution in [0.15, 0.2) is 23.4 Å². The molecule has 9 heteroatoms. The van der Waals surface area contributed by atoms with Gasteiger partial charge in [0.2, 0.25) is 11.1 Å². The second kappa shape index (κ2) is 6.42. The van der Waals surface area contributed by atoms with E-state index >= 15 is 0 Å². The SMILES string of the molecule is Cn1nnnc1SCCC(=O)Nc1ccc(F)cc1F. The van der Waals surface area contributed by atoms with Gasteiger partial charge in [0.1, 0.15) is 11.6 Å². The molecular weight excluding hydrogens is 288 g/mol. The fourth-order valence-corrected chi connectivity index (χ4v) is 2.17. The van der Waals surface area contributed by atoms with Crippen molar-refractivity contribution in [3.05, 3.63) is 29.8 Å². The van der Waals surface area contributed by atoms with Gasteiger partial charge in [-0.05, 0) is 22.6 Å². The first-order valence-electron chi connectivity index (χ1n) is 5.66. The number of thioether (sulfide) groups is 1. The summed E-state index contributed by atoms with van der Waals surface area (Å²) in [5.74, 6) is -1.41. The highest BCUT2D eigenvalue weighted by molar-refractivity contribution is 7.99. The molecular formula is C11H11F2N5OS. The monoisotopic (exact) mass is 299 g/mol. The topological polar surface area (TPSA) is 72.7 Å². The summed E-state index contributed by atoms with van der Waals surface area (Å²) >= 11 is 1.31. The van der Waals surface area contributed by atoms with Gasteiger partial charge in [0.15, 0.2) is 0 Å². The predicted molar refractivity (Wildman–Crippen MR) is 69.1 cm³/mol. The Kier molecular flexibility index (Phi) is 4.61. The van der Waals surface area contributed by atoms with Crippen molar-refractivity contribution in [2.75, 3.05) is 11.1 Å². The number of halogens is 2. The van der Waals surface area contributed by atoms with E-state index in [-0.39, 0.29) is 18.0 Å². The Hall–Kier alpha value is -2.03. The lowest BCUT2D eigenvalue weighted by molar-refractivity contribution is -0.115. The van der Waals surface area contributed by atoms with Crippen molar-refractivity contribution in [1.82, 2.24) is 20.2 Å². The van der Waals surface area contributed by atoms with Gasteiger partial charge in [-0.1, -0.05) is 11.8 Å². The third-order valence-electron chi connectivity index (χ3n) is 2.35. The summed E-state index contributed by atoms with van der Waals surface area (Å²) in [7, 11) is 1.69. The molecule has 0 saturated carbocycles. The zero-order valence-corrected chi connectivity index (χ0v) is 11.3. The number of anilines is 1. The molecule has 0 radical (unpaired) electrons. The number of amides is 1. The van der Waals surface area contributed by atoms with Crippen molar-refractivity contribution in [1.29, 1.82) is 0 Å². The molecule has 0 aliphatic rings. The molecule has 1 aromatic carbocycles. The largest absolute Gasteiger partial charge is 0.324 e. The van der Waals surface area contributed by atoms with Gasteiger partial charge in [-0.3, -0.25) is 4.79 Å². The summed E-state index contributed by atoms with van der Waals surface area (Å²) in [6, 6.07) is 2.98. The molecule has 106 valence electrons. The van der Waals surface area contributed by atoms with Crippen LogP contribution in [0.25, 0.3) is 0 Å². The number of aromatic nitrogens is 4. The minimum Gasteiger partial charge on any atom is -0.324 e. The molecule has 1 heterocycles. The van der Waals surface area contributed by atoms with Crippen LogP contribution in [0, 0.1) is 11.6 Å². The molecule has 20 heavy (non-hydrogen) atoms. The molecule has 2 aromatic rings. The number of tetrazole rings is 1. The number of carbonyl (C=O) groups is 1. The minimum atomic E-state index is -0.802. The van der Waals surface area contributed by atoms with Crippen LogP contribution in [0.3, 0.4) is 0 Å². The Morgan fingerprint density at radius 2 is 2.25 bits per heavy atom. The van der Waals surface area contributed by atoms with E-state index in [1.807, 2.05) is 0 Å². The first-order chi connectivity index (χ1) is 9.56. The van der Waals surface area contributed by atoms with Crippen LogP contribution in [0.5, 0.6) is 0 Å². The molecule has 2 rings (SSSR count). The molecule has 1 aromatic heterocycles. The number of hydrogen-bond acceptors (Lipinski definition) is 5. The van der Waals surface area contributed by atoms with Crippen molar-refractivity contribution in [2.24, 2.45) is 7.05 Å². The van der Waals surface area contributed by atoms with Crippen LogP contribution >= 0.6 is 11.8 Å². The molecule has 6 nitrogen and oxygen atoms in total. The van der Waals surface area contributed by atoms with Gasteiger partial charge in [-0.25, -0.2) is 13.5 Å². The van der Waals surface area contributed by atoms with E-state index in [4.69, 9.17) is 0 Å². The molecule has 1 N–H and O–H groups in total. The van der Waals surface area contributed by atoms with Gasteiger partial charge in [-0.15, -0.1) is 5.10 Å². The average Bonchev–Trinajstić information content (AvgIpc) is 2.79. The molecule has 1 amide bonds. The van der Waals surface area contributed by atoms with E-state index in [1.165, 1.54) is 22.5 Å². The highest BCUT2D eigenvalue weighted by atomic mass is 32.2. The fourth-order valence-electron chi connectivity index (χ4n) is 1.38. The first kappa shape index (κ1) is 14.4. The third kappa shape index (κ3) is 3.73. The zero-order chi connectivity index (χ0) is 14.5. The molecule has 0 saturated heterocycles. The van der Waals surface area contributed by atoms with Gasteiger partial charge in [0.05, 0.1) is 5.69 Å². The molecule has 0 unspecified atom stereocenters. The van der Waals surface area contributed by atoms with Crippen LogP contribution in [0.4, 0.5) is 14.5 Å². The molecule has 0 aliphatic heterocycles.